The Labute approximate surface area is 83.7 Å². The van der Waals surface area contributed by atoms with Crippen molar-refractivity contribution in [1.82, 2.24) is 0 Å². The van der Waals surface area contributed by atoms with Gasteiger partial charge >= 0.3 is 0 Å². The molecule has 66 valence electrons. The molecule has 1 aromatic carbocycles. The summed E-state index contributed by atoms with van der Waals surface area (Å²) in [4.78, 5) is -0.150. The van der Waals surface area contributed by atoms with E-state index in [4.69, 9.17) is 10.3 Å². The summed E-state index contributed by atoms with van der Waals surface area (Å²) in [5, 5.41) is 0. The minimum atomic E-state index is -4.14. The maximum absolute atomic E-state index is 10.7. The van der Waals surface area contributed by atoms with E-state index in [2.05, 4.69) is 0 Å². The van der Waals surface area contributed by atoms with E-state index in [9.17, 15) is 8.42 Å². The molecule has 12 heavy (non-hydrogen) atoms. The van der Waals surface area contributed by atoms with E-state index in [0.29, 0.717) is 9.26 Å². The lowest BCUT2D eigenvalue weighted by Crippen LogP contribution is -2.01. The van der Waals surface area contributed by atoms with E-state index in [1.807, 2.05) is 22.6 Å². The monoisotopic (exact) mass is 299 g/mol. The summed E-state index contributed by atoms with van der Waals surface area (Å²) in [6, 6.07) is 4.31. The van der Waals surface area contributed by atoms with Gasteiger partial charge in [-0.25, -0.2) is 0 Å². The molecule has 6 heteroatoms. The molecule has 0 spiro atoms. The quantitative estimate of drug-likeness (QED) is 0.462. The van der Waals surface area contributed by atoms with Crippen molar-refractivity contribution < 1.29 is 13.0 Å². The summed E-state index contributed by atoms with van der Waals surface area (Å²) >= 11 is 1.81. The van der Waals surface area contributed by atoms with E-state index in [-0.39, 0.29) is 4.90 Å². The van der Waals surface area contributed by atoms with Crippen LogP contribution < -0.4 is 5.73 Å². The van der Waals surface area contributed by atoms with Crippen LogP contribution in [0.2, 0.25) is 0 Å². The van der Waals surface area contributed by atoms with Crippen LogP contribution in [0.25, 0.3) is 0 Å². The number of nitrogen functional groups attached to an aromatic ring is 1. The van der Waals surface area contributed by atoms with Gasteiger partial charge in [0.05, 0.1) is 0 Å². The number of hydrogen-bond donors (Lipinski definition) is 2. The normalized spacial score (nSPS) is 11.5. The van der Waals surface area contributed by atoms with E-state index < -0.39 is 10.1 Å². The molecule has 0 bridgehead atoms. The lowest BCUT2D eigenvalue weighted by Gasteiger charge is -2.00. The van der Waals surface area contributed by atoms with E-state index in [0.717, 1.165) is 0 Å². The Kier molecular flexibility index (Phi) is 2.59. The Bertz CT molecular complexity index is 401. The first-order chi connectivity index (χ1) is 5.41. The topological polar surface area (TPSA) is 80.4 Å². The number of benzene rings is 1. The first-order valence-electron chi connectivity index (χ1n) is 2.94. The van der Waals surface area contributed by atoms with Crippen LogP contribution in [-0.4, -0.2) is 13.0 Å². The fraction of sp³-hybridized carbons (Fsp3) is 0. The van der Waals surface area contributed by atoms with Gasteiger partial charge in [0.1, 0.15) is 4.90 Å². The van der Waals surface area contributed by atoms with Gasteiger partial charge in [0, 0.05) is 9.26 Å². The van der Waals surface area contributed by atoms with E-state index >= 15 is 0 Å². The van der Waals surface area contributed by atoms with Gasteiger partial charge in [0.25, 0.3) is 10.1 Å². The molecule has 0 aliphatic heterocycles. The molecule has 0 aliphatic carbocycles. The second-order valence-corrected chi connectivity index (χ2v) is 4.72. The van der Waals surface area contributed by atoms with Crippen LogP contribution in [0.3, 0.4) is 0 Å². The number of nitrogens with two attached hydrogens (primary N) is 1. The van der Waals surface area contributed by atoms with Crippen LogP contribution >= 0.6 is 22.6 Å². The van der Waals surface area contributed by atoms with E-state index in [1.54, 1.807) is 6.07 Å². The molecule has 0 unspecified atom stereocenters. The zero-order chi connectivity index (χ0) is 9.35. The van der Waals surface area contributed by atoms with Crippen molar-refractivity contribution in [3.05, 3.63) is 21.8 Å². The van der Waals surface area contributed by atoms with Gasteiger partial charge in [0.2, 0.25) is 0 Å². The number of rotatable bonds is 1. The third kappa shape index (κ3) is 2.08. The Balaban J connectivity index is 3.43. The fourth-order valence-electron chi connectivity index (χ4n) is 0.718. The molecule has 4 nitrogen and oxygen atoms in total. The van der Waals surface area contributed by atoms with Gasteiger partial charge in [-0.05, 0) is 40.8 Å². The Hall–Kier alpha value is -0.340. The van der Waals surface area contributed by atoms with Crippen LogP contribution in [-0.2, 0) is 10.1 Å². The minimum absolute atomic E-state index is 0.150. The highest BCUT2D eigenvalue weighted by Gasteiger charge is 2.13. The van der Waals surface area contributed by atoms with Gasteiger partial charge in [-0.3, -0.25) is 4.55 Å². The molecule has 0 heterocycles. The molecule has 0 fully saturated rings. The van der Waals surface area contributed by atoms with Crippen molar-refractivity contribution in [2.45, 2.75) is 4.90 Å². The van der Waals surface area contributed by atoms with Gasteiger partial charge in [0.15, 0.2) is 0 Å². The summed E-state index contributed by atoms with van der Waals surface area (Å²) in [6.45, 7) is 0. The molecular weight excluding hydrogens is 293 g/mol. The highest BCUT2D eigenvalue weighted by atomic mass is 127. The molecule has 0 saturated heterocycles. The maximum Gasteiger partial charge on any atom is 0.295 e. The van der Waals surface area contributed by atoms with Crippen molar-refractivity contribution >= 4 is 38.4 Å². The smallest absolute Gasteiger partial charge is 0.295 e. The molecule has 0 saturated carbocycles. The van der Waals surface area contributed by atoms with Crippen molar-refractivity contribution in [3.8, 4) is 0 Å². The van der Waals surface area contributed by atoms with Crippen molar-refractivity contribution in [1.29, 1.82) is 0 Å². The molecule has 0 aromatic heterocycles. The largest absolute Gasteiger partial charge is 0.399 e. The SMILES string of the molecule is Nc1ccc(I)c(S(=O)(=O)O)c1. The van der Waals surface area contributed by atoms with Crippen molar-refractivity contribution in [3.63, 3.8) is 0 Å². The van der Waals surface area contributed by atoms with Crippen molar-refractivity contribution in [2.24, 2.45) is 0 Å². The first-order valence-corrected chi connectivity index (χ1v) is 5.45. The first kappa shape index (κ1) is 9.75. The third-order valence-electron chi connectivity index (χ3n) is 1.23. The zero-order valence-corrected chi connectivity index (χ0v) is 8.83. The number of hydrogen-bond acceptors (Lipinski definition) is 3. The predicted octanol–water partition coefficient (Wildman–Crippen LogP) is 1.12. The second kappa shape index (κ2) is 3.19. The second-order valence-electron chi connectivity index (χ2n) is 2.16. The van der Waals surface area contributed by atoms with Gasteiger partial charge in [-0.15, -0.1) is 0 Å². The molecule has 0 amide bonds. The molecule has 0 aliphatic rings. The molecule has 3 N–H and O–H groups in total. The van der Waals surface area contributed by atoms with Crippen LogP contribution in [0.5, 0.6) is 0 Å². The minimum Gasteiger partial charge on any atom is -0.399 e. The van der Waals surface area contributed by atoms with Crippen LogP contribution in [0.4, 0.5) is 5.69 Å². The average molecular weight is 299 g/mol. The molecule has 0 atom stereocenters. The standard InChI is InChI=1S/C6H6INO3S/c7-5-2-1-4(8)3-6(5)12(9,10)11/h1-3H,8H2,(H,9,10,11). The summed E-state index contributed by atoms with van der Waals surface area (Å²) in [5.41, 5.74) is 5.65. The fourth-order valence-corrected chi connectivity index (χ4v) is 2.49. The molecule has 1 rings (SSSR count). The molecular formula is C6H6INO3S. The average Bonchev–Trinajstić information content (AvgIpc) is 1.92. The van der Waals surface area contributed by atoms with Crippen molar-refractivity contribution in [2.75, 3.05) is 5.73 Å². The summed E-state index contributed by atoms with van der Waals surface area (Å²) < 4.78 is 30.6. The Morgan fingerprint density at radius 1 is 1.42 bits per heavy atom. The van der Waals surface area contributed by atoms with Crippen LogP contribution in [0.1, 0.15) is 0 Å². The predicted molar refractivity (Wildman–Crippen MR) is 53.4 cm³/mol. The van der Waals surface area contributed by atoms with Crippen LogP contribution in [0, 0.1) is 3.57 Å². The third-order valence-corrected chi connectivity index (χ3v) is 3.43. The highest BCUT2D eigenvalue weighted by Crippen LogP contribution is 2.20. The summed E-state index contributed by atoms with van der Waals surface area (Å²) in [7, 11) is -4.14. The maximum atomic E-state index is 10.7. The lowest BCUT2D eigenvalue weighted by atomic mass is 10.3. The van der Waals surface area contributed by atoms with E-state index in [1.165, 1.54) is 12.1 Å². The molecule has 0 radical (unpaired) electrons. The van der Waals surface area contributed by atoms with Gasteiger partial charge in [-0.1, -0.05) is 0 Å². The Morgan fingerprint density at radius 2 is 2.00 bits per heavy atom. The summed E-state index contributed by atoms with van der Waals surface area (Å²) in [5.74, 6) is 0. The van der Waals surface area contributed by atoms with Gasteiger partial charge < -0.3 is 5.73 Å². The van der Waals surface area contributed by atoms with Crippen LogP contribution in [0.15, 0.2) is 23.1 Å². The lowest BCUT2D eigenvalue weighted by molar-refractivity contribution is 0.482. The zero-order valence-electron chi connectivity index (χ0n) is 5.86. The molecule has 1 aromatic rings. The highest BCUT2D eigenvalue weighted by molar-refractivity contribution is 14.1. The Morgan fingerprint density at radius 3 is 2.42 bits per heavy atom. The van der Waals surface area contributed by atoms with Gasteiger partial charge in [-0.2, -0.15) is 8.42 Å². The number of halogens is 1. The number of anilines is 1. The summed E-state index contributed by atoms with van der Waals surface area (Å²) in [6.07, 6.45) is 0.